The average molecular weight is 371 g/mol. The van der Waals surface area contributed by atoms with Crippen molar-refractivity contribution >= 4 is 40.5 Å². The number of carbonyl (C=O) groups excluding carboxylic acids is 1. The molecule has 0 spiro atoms. The second kappa shape index (κ2) is 4.74. The summed E-state index contributed by atoms with van der Waals surface area (Å²) in [6, 6.07) is 1.66. The summed E-state index contributed by atoms with van der Waals surface area (Å²) in [4.78, 5) is 19.0. The maximum Gasteiger partial charge on any atom is 0.234 e. The zero-order valence-electron chi connectivity index (χ0n) is 8.99. The fourth-order valence-electron chi connectivity index (χ4n) is 1.66. The lowest BCUT2D eigenvalue weighted by atomic mass is 10.3. The second-order valence-electron chi connectivity index (χ2n) is 3.54. The van der Waals surface area contributed by atoms with E-state index in [2.05, 4.69) is 37.1 Å². The number of fused-ring (bicyclic) bond motifs is 1. The van der Waals surface area contributed by atoms with Crippen LogP contribution in [0.2, 0.25) is 0 Å². The average Bonchev–Trinajstić information content (AvgIpc) is 3.03. The van der Waals surface area contributed by atoms with Crippen molar-refractivity contribution in [3.63, 3.8) is 0 Å². The highest BCUT2D eigenvalue weighted by Crippen LogP contribution is 2.26. The molecule has 0 aliphatic rings. The largest absolute Gasteiger partial charge is 0.296 e. The Hall–Kier alpha value is -1.34. The van der Waals surface area contributed by atoms with Gasteiger partial charge in [-0.25, -0.2) is 14.4 Å². The predicted molar refractivity (Wildman–Crippen MR) is 77.3 cm³/mol. The third-order valence-electron chi connectivity index (χ3n) is 2.49. The molecule has 0 radical (unpaired) electrons. The lowest BCUT2D eigenvalue weighted by Crippen LogP contribution is -1.94. The molecule has 90 valence electrons. The van der Waals surface area contributed by atoms with Gasteiger partial charge in [0.15, 0.2) is 6.29 Å². The molecule has 0 aromatic carbocycles. The standard InChI is InChI=1S/C10H7IN5OP/c11-18-16-5-7(3-13-16)9-4-12-10-14-8(6-17)1-2-15(9)10/h1-6,18H. The number of carbonyl (C=O) groups is 1. The summed E-state index contributed by atoms with van der Waals surface area (Å²) in [6.07, 6.45) is 8.55. The van der Waals surface area contributed by atoms with Gasteiger partial charge in [0.25, 0.3) is 0 Å². The Labute approximate surface area is 117 Å². The van der Waals surface area contributed by atoms with Crippen LogP contribution in [0, 0.1) is 0 Å². The van der Waals surface area contributed by atoms with Crippen molar-refractivity contribution in [1.29, 1.82) is 0 Å². The summed E-state index contributed by atoms with van der Waals surface area (Å²) < 4.78 is 3.70. The van der Waals surface area contributed by atoms with Crippen LogP contribution in [0.25, 0.3) is 17.0 Å². The van der Waals surface area contributed by atoms with Crippen LogP contribution < -0.4 is 0 Å². The minimum Gasteiger partial charge on any atom is -0.296 e. The van der Waals surface area contributed by atoms with E-state index in [9.17, 15) is 4.79 Å². The molecule has 0 amide bonds. The summed E-state index contributed by atoms with van der Waals surface area (Å²) in [7, 11) is 0. The molecule has 1 unspecified atom stereocenters. The smallest absolute Gasteiger partial charge is 0.234 e. The van der Waals surface area contributed by atoms with E-state index in [1.165, 1.54) is 0 Å². The third-order valence-corrected chi connectivity index (χ3v) is 4.39. The molecule has 6 nitrogen and oxygen atoms in total. The number of hydrogen-bond donors (Lipinski definition) is 0. The molecule has 0 saturated carbocycles. The topological polar surface area (TPSA) is 65.1 Å². The third kappa shape index (κ3) is 1.93. The molecule has 1 atom stereocenters. The molecule has 0 saturated heterocycles. The summed E-state index contributed by atoms with van der Waals surface area (Å²) in [5, 5.41) is 4.24. The second-order valence-corrected chi connectivity index (χ2v) is 5.62. The number of imidazole rings is 1. The Morgan fingerprint density at radius 1 is 1.39 bits per heavy atom. The molecule has 3 heterocycles. The molecule has 3 rings (SSSR count). The van der Waals surface area contributed by atoms with Crippen LogP contribution >= 0.6 is 28.4 Å². The molecule has 0 fully saturated rings. The fraction of sp³-hybridized carbons (Fsp3) is 0. The van der Waals surface area contributed by atoms with Crippen molar-refractivity contribution in [2.24, 2.45) is 0 Å². The van der Waals surface area contributed by atoms with Crippen molar-refractivity contribution < 1.29 is 4.79 Å². The van der Waals surface area contributed by atoms with E-state index >= 15 is 0 Å². The fourth-order valence-corrected chi connectivity index (χ4v) is 2.75. The van der Waals surface area contributed by atoms with Gasteiger partial charge in [0.1, 0.15) is 5.69 Å². The molecule has 8 heteroatoms. The lowest BCUT2D eigenvalue weighted by molar-refractivity contribution is 0.111. The van der Waals surface area contributed by atoms with Crippen LogP contribution in [0.4, 0.5) is 0 Å². The summed E-state index contributed by atoms with van der Waals surface area (Å²) >= 11 is 2.27. The van der Waals surface area contributed by atoms with Crippen molar-refractivity contribution in [2.75, 3.05) is 0 Å². The van der Waals surface area contributed by atoms with E-state index in [1.54, 1.807) is 24.7 Å². The number of hydrogen-bond acceptors (Lipinski definition) is 4. The number of rotatable bonds is 3. The highest BCUT2D eigenvalue weighted by Gasteiger charge is 2.09. The Kier molecular flexibility index (Phi) is 3.09. The quantitative estimate of drug-likeness (QED) is 0.402. The van der Waals surface area contributed by atoms with E-state index < -0.39 is 0 Å². The van der Waals surface area contributed by atoms with Crippen LogP contribution in [0.3, 0.4) is 0 Å². The van der Waals surface area contributed by atoms with Gasteiger partial charge in [-0.15, -0.1) is 0 Å². The Morgan fingerprint density at radius 2 is 2.28 bits per heavy atom. The van der Waals surface area contributed by atoms with Gasteiger partial charge in [0, 0.05) is 18.0 Å². The zero-order chi connectivity index (χ0) is 12.5. The Bertz CT molecular complexity index is 722. The number of aldehydes is 1. The van der Waals surface area contributed by atoms with Gasteiger partial charge in [-0.1, -0.05) is 0 Å². The molecular weight excluding hydrogens is 364 g/mol. The van der Waals surface area contributed by atoms with Gasteiger partial charge in [-0.3, -0.25) is 9.20 Å². The SMILES string of the molecule is O=Cc1ccn2c(-c3cnn(PI)c3)cnc2n1. The first-order chi connectivity index (χ1) is 8.81. The van der Waals surface area contributed by atoms with Crippen molar-refractivity contribution in [3.8, 4) is 11.3 Å². The Morgan fingerprint density at radius 3 is 3.00 bits per heavy atom. The van der Waals surface area contributed by atoms with Gasteiger partial charge < -0.3 is 0 Å². The van der Waals surface area contributed by atoms with E-state index in [1.807, 2.05) is 15.0 Å². The highest BCUT2D eigenvalue weighted by molar-refractivity contribution is 14.2. The monoisotopic (exact) mass is 371 g/mol. The molecule has 18 heavy (non-hydrogen) atoms. The maximum atomic E-state index is 10.7. The van der Waals surface area contributed by atoms with Crippen molar-refractivity contribution in [3.05, 3.63) is 36.5 Å². The van der Waals surface area contributed by atoms with E-state index in [0.717, 1.165) is 11.3 Å². The van der Waals surface area contributed by atoms with Crippen LogP contribution in [0.1, 0.15) is 10.5 Å². The van der Waals surface area contributed by atoms with Gasteiger partial charge in [-0.2, -0.15) is 5.10 Å². The predicted octanol–water partition coefficient (Wildman–Crippen LogP) is 2.20. The molecule has 0 aliphatic heterocycles. The van der Waals surface area contributed by atoms with Crippen LogP contribution in [0.15, 0.2) is 30.9 Å². The maximum absolute atomic E-state index is 10.7. The molecule has 0 N–H and O–H groups in total. The van der Waals surface area contributed by atoms with Crippen molar-refractivity contribution in [1.82, 2.24) is 23.9 Å². The summed E-state index contributed by atoms with van der Waals surface area (Å²) in [5.41, 5.74) is 2.27. The van der Waals surface area contributed by atoms with Gasteiger partial charge in [0.2, 0.25) is 5.78 Å². The van der Waals surface area contributed by atoms with E-state index in [0.29, 0.717) is 24.1 Å². The lowest BCUT2D eigenvalue weighted by Gasteiger charge is -1.98. The van der Waals surface area contributed by atoms with Gasteiger partial charge in [-0.05, 0) is 28.1 Å². The van der Waals surface area contributed by atoms with E-state index in [-0.39, 0.29) is 0 Å². The zero-order valence-corrected chi connectivity index (χ0v) is 12.1. The van der Waals surface area contributed by atoms with E-state index in [4.69, 9.17) is 0 Å². The van der Waals surface area contributed by atoms with Gasteiger partial charge in [0.05, 0.1) is 24.5 Å². The molecule has 3 aromatic heterocycles. The minimum atomic E-state index is 0.379. The van der Waals surface area contributed by atoms with Gasteiger partial charge >= 0.3 is 0 Å². The minimum absolute atomic E-state index is 0.379. The summed E-state index contributed by atoms with van der Waals surface area (Å²) in [5.74, 6) is 0.513. The van der Waals surface area contributed by atoms with Crippen molar-refractivity contribution in [2.45, 2.75) is 0 Å². The Balaban J connectivity index is 2.15. The highest BCUT2D eigenvalue weighted by atomic mass is 127. The number of nitrogens with zero attached hydrogens (tertiary/aromatic N) is 5. The van der Waals surface area contributed by atoms with Crippen LogP contribution in [-0.4, -0.2) is 30.2 Å². The molecular formula is C10H7IN5OP. The normalized spacial score (nSPS) is 11.6. The van der Waals surface area contributed by atoms with Crippen LogP contribution in [-0.2, 0) is 0 Å². The summed E-state index contributed by atoms with van der Waals surface area (Å²) in [6.45, 7) is 0. The molecule has 3 aromatic rings. The molecule has 0 bridgehead atoms. The number of aromatic nitrogens is 5. The van der Waals surface area contributed by atoms with Crippen LogP contribution in [0.5, 0.6) is 0 Å². The first-order valence-electron chi connectivity index (χ1n) is 5.03. The first kappa shape index (κ1) is 11.7. The number of halogens is 1. The first-order valence-corrected chi connectivity index (χ1v) is 9.09. The molecule has 0 aliphatic carbocycles.